The summed E-state index contributed by atoms with van der Waals surface area (Å²) in [5.41, 5.74) is 0. The highest BCUT2D eigenvalue weighted by molar-refractivity contribution is 5.32. The Morgan fingerprint density at radius 1 is 1.35 bits per heavy atom. The number of aliphatic hydroxyl groups is 1. The first-order valence-corrected chi connectivity index (χ1v) is 7.38. The molecule has 2 atom stereocenters. The number of likely N-dealkylation sites (tertiary alicyclic amines) is 1. The zero-order valence-electron chi connectivity index (χ0n) is 12.4. The zero-order valence-corrected chi connectivity index (χ0v) is 12.4. The minimum Gasteiger partial charge on any atom is -0.497 e. The minimum absolute atomic E-state index is 0.316. The van der Waals surface area contributed by atoms with Crippen LogP contribution < -0.4 is 9.47 Å². The van der Waals surface area contributed by atoms with Gasteiger partial charge in [-0.3, -0.25) is 4.90 Å². The quantitative estimate of drug-likeness (QED) is 0.867. The molecule has 0 spiro atoms. The monoisotopic (exact) mass is 279 g/mol. The van der Waals surface area contributed by atoms with Crippen LogP contribution in [0.1, 0.15) is 26.2 Å². The Balaban J connectivity index is 1.77. The van der Waals surface area contributed by atoms with Gasteiger partial charge in [-0.1, -0.05) is 12.5 Å². The van der Waals surface area contributed by atoms with Gasteiger partial charge in [0.25, 0.3) is 0 Å². The van der Waals surface area contributed by atoms with Crippen molar-refractivity contribution < 1.29 is 14.6 Å². The van der Waals surface area contributed by atoms with Crippen LogP contribution in [0.2, 0.25) is 0 Å². The molecule has 1 aromatic rings. The van der Waals surface area contributed by atoms with E-state index < -0.39 is 6.10 Å². The van der Waals surface area contributed by atoms with E-state index in [0.717, 1.165) is 18.0 Å². The first-order chi connectivity index (χ1) is 9.69. The molecule has 4 nitrogen and oxygen atoms in total. The molecule has 4 heteroatoms. The Bertz CT molecular complexity index is 410. The van der Waals surface area contributed by atoms with Crippen molar-refractivity contribution in [3.05, 3.63) is 24.3 Å². The van der Waals surface area contributed by atoms with Gasteiger partial charge in [0.15, 0.2) is 0 Å². The van der Waals surface area contributed by atoms with Gasteiger partial charge >= 0.3 is 0 Å². The summed E-state index contributed by atoms with van der Waals surface area (Å²) in [7, 11) is 1.63. The van der Waals surface area contributed by atoms with E-state index in [4.69, 9.17) is 9.47 Å². The van der Waals surface area contributed by atoms with E-state index >= 15 is 0 Å². The molecule has 0 aliphatic carbocycles. The number of piperidine rings is 1. The number of hydrogen-bond acceptors (Lipinski definition) is 4. The summed E-state index contributed by atoms with van der Waals surface area (Å²) in [6, 6.07) is 8.02. The third kappa shape index (κ3) is 4.39. The fourth-order valence-electron chi connectivity index (χ4n) is 2.64. The molecule has 1 aliphatic heterocycles. The molecular weight excluding hydrogens is 254 g/mol. The van der Waals surface area contributed by atoms with Crippen molar-refractivity contribution in [2.45, 2.75) is 38.3 Å². The number of methoxy groups -OCH3 is 1. The van der Waals surface area contributed by atoms with E-state index in [-0.39, 0.29) is 0 Å². The van der Waals surface area contributed by atoms with Crippen LogP contribution in [0, 0.1) is 0 Å². The summed E-state index contributed by atoms with van der Waals surface area (Å²) in [4.78, 5) is 2.35. The van der Waals surface area contributed by atoms with E-state index in [0.29, 0.717) is 19.2 Å². The molecule has 0 radical (unpaired) electrons. The van der Waals surface area contributed by atoms with Gasteiger partial charge in [-0.2, -0.15) is 0 Å². The topological polar surface area (TPSA) is 41.9 Å². The van der Waals surface area contributed by atoms with Gasteiger partial charge in [0.2, 0.25) is 0 Å². The smallest absolute Gasteiger partial charge is 0.123 e. The van der Waals surface area contributed by atoms with Gasteiger partial charge in [0.1, 0.15) is 24.2 Å². The molecular formula is C16H25NO3. The second kappa shape index (κ2) is 7.50. The van der Waals surface area contributed by atoms with Gasteiger partial charge in [0.05, 0.1) is 7.11 Å². The van der Waals surface area contributed by atoms with Crippen molar-refractivity contribution in [2.24, 2.45) is 0 Å². The summed E-state index contributed by atoms with van der Waals surface area (Å²) < 4.78 is 10.8. The summed E-state index contributed by atoms with van der Waals surface area (Å²) in [5.74, 6) is 1.50. The summed E-state index contributed by atoms with van der Waals surface area (Å²) in [5, 5.41) is 10.1. The van der Waals surface area contributed by atoms with Crippen molar-refractivity contribution in [3.8, 4) is 11.5 Å². The van der Waals surface area contributed by atoms with Gasteiger partial charge in [-0.25, -0.2) is 0 Å². The summed E-state index contributed by atoms with van der Waals surface area (Å²) in [6.45, 7) is 4.31. The predicted molar refractivity (Wildman–Crippen MR) is 79.4 cm³/mol. The number of ether oxygens (including phenoxy) is 2. The Labute approximate surface area is 121 Å². The second-order valence-electron chi connectivity index (χ2n) is 5.48. The standard InChI is InChI=1S/C16H25NO3/c1-13-6-3-4-9-17(13)11-14(18)12-20-16-8-5-7-15(10-16)19-2/h5,7-8,10,13-14,18H,3-4,6,9,11-12H2,1-2H3. The summed E-state index contributed by atoms with van der Waals surface area (Å²) >= 11 is 0. The number of β-amino-alcohol motifs (C(OH)–C–C–N with tert-alkyl or cyclic N) is 1. The largest absolute Gasteiger partial charge is 0.497 e. The molecule has 0 bridgehead atoms. The van der Waals surface area contributed by atoms with Crippen LogP contribution in [-0.4, -0.2) is 49.0 Å². The molecule has 0 amide bonds. The number of nitrogens with zero attached hydrogens (tertiary/aromatic N) is 1. The minimum atomic E-state index is -0.457. The molecule has 0 saturated carbocycles. The van der Waals surface area contributed by atoms with Crippen LogP contribution in [0.4, 0.5) is 0 Å². The predicted octanol–water partition coefficient (Wildman–Crippen LogP) is 2.31. The van der Waals surface area contributed by atoms with Crippen LogP contribution in [0.15, 0.2) is 24.3 Å². The first-order valence-electron chi connectivity index (χ1n) is 7.38. The lowest BCUT2D eigenvalue weighted by atomic mass is 10.0. The molecule has 1 heterocycles. The van der Waals surface area contributed by atoms with Crippen molar-refractivity contribution in [3.63, 3.8) is 0 Å². The second-order valence-corrected chi connectivity index (χ2v) is 5.48. The molecule has 2 rings (SSSR count). The number of rotatable bonds is 6. The zero-order chi connectivity index (χ0) is 14.4. The van der Waals surface area contributed by atoms with Crippen molar-refractivity contribution in [1.29, 1.82) is 0 Å². The van der Waals surface area contributed by atoms with Gasteiger partial charge < -0.3 is 14.6 Å². The lowest BCUT2D eigenvalue weighted by Gasteiger charge is -2.34. The lowest BCUT2D eigenvalue weighted by molar-refractivity contribution is 0.0437. The van der Waals surface area contributed by atoms with E-state index in [1.54, 1.807) is 7.11 Å². The van der Waals surface area contributed by atoms with Gasteiger partial charge in [0, 0.05) is 18.7 Å². The number of benzene rings is 1. The van der Waals surface area contributed by atoms with E-state index in [1.807, 2.05) is 24.3 Å². The normalized spacial score (nSPS) is 21.4. The molecule has 20 heavy (non-hydrogen) atoms. The molecule has 1 aliphatic rings. The Hall–Kier alpha value is -1.26. The molecule has 1 N–H and O–H groups in total. The van der Waals surface area contributed by atoms with Gasteiger partial charge in [-0.15, -0.1) is 0 Å². The molecule has 0 aromatic heterocycles. The highest BCUT2D eigenvalue weighted by Crippen LogP contribution is 2.20. The van der Waals surface area contributed by atoms with Crippen LogP contribution in [0.5, 0.6) is 11.5 Å². The van der Waals surface area contributed by atoms with E-state index in [1.165, 1.54) is 19.3 Å². The average Bonchev–Trinajstić information content (AvgIpc) is 2.48. The van der Waals surface area contributed by atoms with Gasteiger partial charge in [-0.05, 0) is 38.4 Å². The van der Waals surface area contributed by atoms with E-state index in [2.05, 4.69) is 11.8 Å². The van der Waals surface area contributed by atoms with Crippen LogP contribution in [0.25, 0.3) is 0 Å². The van der Waals surface area contributed by atoms with Crippen molar-refractivity contribution >= 4 is 0 Å². The summed E-state index contributed by atoms with van der Waals surface area (Å²) in [6.07, 6.45) is 3.30. The molecule has 1 aromatic carbocycles. The molecule has 1 saturated heterocycles. The Morgan fingerprint density at radius 3 is 2.90 bits per heavy atom. The highest BCUT2D eigenvalue weighted by Gasteiger charge is 2.20. The van der Waals surface area contributed by atoms with Crippen molar-refractivity contribution in [1.82, 2.24) is 4.90 Å². The molecule has 2 unspecified atom stereocenters. The van der Waals surface area contributed by atoms with Crippen molar-refractivity contribution in [2.75, 3.05) is 26.8 Å². The SMILES string of the molecule is COc1cccc(OCC(O)CN2CCCCC2C)c1. The number of aliphatic hydroxyl groups excluding tert-OH is 1. The Morgan fingerprint density at radius 2 is 2.15 bits per heavy atom. The molecule has 1 fully saturated rings. The third-order valence-electron chi connectivity index (χ3n) is 3.87. The third-order valence-corrected chi connectivity index (χ3v) is 3.87. The van der Waals surface area contributed by atoms with Crippen LogP contribution in [0.3, 0.4) is 0 Å². The van der Waals surface area contributed by atoms with E-state index in [9.17, 15) is 5.11 Å². The maximum atomic E-state index is 10.1. The van der Waals surface area contributed by atoms with Crippen LogP contribution >= 0.6 is 0 Å². The van der Waals surface area contributed by atoms with Crippen LogP contribution in [-0.2, 0) is 0 Å². The highest BCUT2D eigenvalue weighted by atomic mass is 16.5. The lowest BCUT2D eigenvalue weighted by Crippen LogP contribution is -2.43. The first kappa shape index (κ1) is 15.1. The maximum Gasteiger partial charge on any atom is 0.123 e. The molecule has 112 valence electrons. The maximum absolute atomic E-state index is 10.1. The number of hydrogen-bond donors (Lipinski definition) is 1. The average molecular weight is 279 g/mol. The fourth-order valence-corrected chi connectivity index (χ4v) is 2.64. The Kier molecular flexibility index (Phi) is 5.68. The fraction of sp³-hybridized carbons (Fsp3) is 0.625.